The molecule has 2 saturated heterocycles. The van der Waals surface area contributed by atoms with Gasteiger partial charge in [-0.1, -0.05) is 0 Å². The van der Waals surface area contributed by atoms with Gasteiger partial charge in [-0.3, -0.25) is 9.59 Å². The van der Waals surface area contributed by atoms with Gasteiger partial charge in [-0.2, -0.15) is 0 Å². The number of carbonyl (C=O) groups is 2. The smallest absolute Gasteiger partial charge is 0.253 e. The summed E-state index contributed by atoms with van der Waals surface area (Å²) in [5.41, 5.74) is 2.08. The average Bonchev–Trinajstić information content (AvgIpc) is 3.37. The Bertz CT molecular complexity index is 613. The molecule has 2 aliphatic heterocycles. The van der Waals surface area contributed by atoms with E-state index in [9.17, 15) is 9.59 Å². The van der Waals surface area contributed by atoms with Crippen LogP contribution in [0.1, 0.15) is 55.3 Å². The lowest BCUT2D eigenvalue weighted by Crippen LogP contribution is -2.41. The van der Waals surface area contributed by atoms with Crippen LogP contribution in [0.4, 0.5) is 5.69 Å². The summed E-state index contributed by atoms with van der Waals surface area (Å²) in [5.74, 6) is 0.345. The molecule has 23 heavy (non-hydrogen) atoms. The van der Waals surface area contributed by atoms with Crippen LogP contribution in [-0.2, 0) is 4.79 Å². The molecule has 2 heterocycles. The number of benzene rings is 1. The van der Waals surface area contributed by atoms with Crippen molar-refractivity contribution in [2.45, 2.75) is 44.9 Å². The Morgan fingerprint density at radius 2 is 1.65 bits per heavy atom. The zero-order chi connectivity index (χ0) is 15.9. The molecular formula is C19H24N2O2. The van der Waals surface area contributed by atoms with Crippen molar-refractivity contribution in [3.63, 3.8) is 0 Å². The third kappa shape index (κ3) is 2.87. The molecule has 4 heteroatoms. The van der Waals surface area contributed by atoms with Crippen molar-refractivity contribution in [1.82, 2.24) is 4.90 Å². The molecule has 0 bridgehead atoms. The lowest BCUT2D eigenvalue weighted by Gasteiger charge is -2.33. The monoisotopic (exact) mass is 312 g/mol. The summed E-state index contributed by atoms with van der Waals surface area (Å²) in [4.78, 5) is 28.6. The number of anilines is 1. The highest BCUT2D eigenvalue weighted by Crippen LogP contribution is 2.52. The Kier molecular flexibility index (Phi) is 3.63. The lowest BCUT2D eigenvalue weighted by molar-refractivity contribution is -0.120. The molecule has 122 valence electrons. The normalized spacial score (nSPS) is 23.2. The van der Waals surface area contributed by atoms with Crippen LogP contribution in [0.25, 0.3) is 0 Å². The first kappa shape index (κ1) is 14.7. The molecule has 0 unspecified atom stereocenters. The van der Waals surface area contributed by atoms with Crippen LogP contribution in [0.2, 0.25) is 0 Å². The van der Waals surface area contributed by atoms with Gasteiger partial charge >= 0.3 is 0 Å². The fourth-order valence-electron chi connectivity index (χ4n) is 3.89. The fraction of sp³-hybridized carbons (Fsp3) is 0.579. The molecule has 1 aromatic rings. The van der Waals surface area contributed by atoms with Gasteiger partial charge in [0.05, 0.1) is 0 Å². The number of likely N-dealkylation sites (tertiary alicyclic amines) is 1. The van der Waals surface area contributed by atoms with E-state index in [1.54, 1.807) is 0 Å². The van der Waals surface area contributed by atoms with Gasteiger partial charge in [-0.15, -0.1) is 0 Å². The second kappa shape index (κ2) is 5.66. The second-order valence-electron chi connectivity index (χ2n) is 7.38. The number of rotatable bonds is 2. The van der Waals surface area contributed by atoms with E-state index in [1.165, 1.54) is 19.3 Å². The van der Waals surface area contributed by atoms with Gasteiger partial charge in [-0.05, 0) is 68.2 Å². The first-order valence-corrected chi connectivity index (χ1v) is 8.87. The number of carbonyl (C=O) groups excluding carboxylic acids is 2. The van der Waals surface area contributed by atoms with Crippen LogP contribution in [0, 0.1) is 5.41 Å². The minimum absolute atomic E-state index is 0.125. The molecule has 1 saturated carbocycles. The van der Waals surface area contributed by atoms with E-state index in [0.717, 1.165) is 50.1 Å². The number of nitrogens with zero attached hydrogens (tertiary/aromatic N) is 2. The molecule has 0 atom stereocenters. The average molecular weight is 312 g/mol. The summed E-state index contributed by atoms with van der Waals surface area (Å²) < 4.78 is 0. The molecule has 2 amide bonds. The predicted molar refractivity (Wildman–Crippen MR) is 89.5 cm³/mol. The van der Waals surface area contributed by atoms with E-state index in [-0.39, 0.29) is 11.8 Å². The van der Waals surface area contributed by atoms with Crippen LogP contribution in [-0.4, -0.2) is 36.3 Å². The zero-order valence-electron chi connectivity index (χ0n) is 13.6. The summed E-state index contributed by atoms with van der Waals surface area (Å²) in [6.07, 6.45) is 7.65. The van der Waals surface area contributed by atoms with Gasteiger partial charge in [-0.25, -0.2) is 0 Å². The van der Waals surface area contributed by atoms with Crippen LogP contribution in [0.5, 0.6) is 0 Å². The van der Waals surface area contributed by atoms with E-state index in [2.05, 4.69) is 0 Å². The molecule has 4 rings (SSSR count). The maximum absolute atomic E-state index is 12.5. The van der Waals surface area contributed by atoms with Crippen molar-refractivity contribution in [2.75, 3.05) is 24.5 Å². The Balaban J connectivity index is 1.49. The highest BCUT2D eigenvalue weighted by atomic mass is 16.2. The van der Waals surface area contributed by atoms with E-state index >= 15 is 0 Å². The molecule has 1 spiro atoms. The van der Waals surface area contributed by atoms with Crippen molar-refractivity contribution in [3.05, 3.63) is 29.8 Å². The van der Waals surface area contributed by atoms with Crippen molar-refractivity contribution in [2.24, 2.45) is 5.41 Å². The zero-order valence-corrected chi connectivity index (χ0v) is 13.6. The van der Waals surface area contributed by atoms with Gasteiger partial charge in [0.1, 0.15) is 0 Å². The molecule has 3 aliphatic rings. The van der Waals surface area contributed by atoms with E-state index in [0.29, 0.717) is 11.8 Å². The van der Waals surface area contributed by atoms with Gasteiger partial charge < -0.3 is 9.80 Å². The maximum Gasteiger partial charge on any atom is 0.253 e. The summed E-state index contributed by atoms with van der Waals surface area (Å²) in [5, 5.41) is 0. The summed E-state index contributed by atoms with van der Waals surface area (Å²) in [7, 11) is 0. The van der Waals surface area contributed by atoms with Crippen LogP contribution in [0.3, 0.4) is 0 Å². The minimum atomic E-state index is 0.125. The van der Waals surface area contributed by atoms with E-state index < -0.39 is 0 Å². The Hall–Kier alpha value is -1.84. The maximum atomic E-state index is 12.5. The SMILES string of the molecule is O=C(c1ccc(N2CC3(CCC2=O)CC3)cc1)N1CCCCC1. The molecule has 4 nitrogen and oxygen atoms in total. The quantitative estimate of drug-likeness (QED) is 0.841. The molecular weight excluding hydrogens is 288 g/mol. The summed E-state index contributed by atoms with van der Waals surface area (Å²) in [6.45, 7) is 2.59. The Morgan fingerprint density at radius 3 is 2.30 bits per heavy atom. The van der Waals surface area contributed by atoms with Crippen molar-refractivity contribution >= 4 is 17.5 Å². The van der Waals surface area contributed by atoms with Gasteiger partial charge in [0, 0.05) is 37.3 Å². The van der Waals surface area contributed by atoms with Crippen LogP contribution < -0.4 is 4.90 Å². The Labute approximate surface area is 137 Å². The number of hydrogen-bond donors (Lipinski definition) is 0. The van der Waals surface area contributed by atoms with E-state index in [4.69, 9.17) is 0 Å². The van der Waals surface area contributed by atoms with Crippen molar-refractivity contribution in [1.29, 1.82) is 0 Å². The second-order valence-corrected chi connectivity index (χ2v) is 7.38. The first-order chi connectivity index (χ1) is 11.2. The first-order valence-electron chi connectivity index (χ1n) is 8.87. The highest BCUT2D eigenvalue weighted by molar-refractivity contribution is 5.97. The summed E-state index contributed by atoms with van der Waals surface area (Å²) in [6, 6.07) is 7.65. The lowest BCUT2D eigenvalue weighted by atomic mass is 9.94. The van der Waals surface area contributed by atoms with E-state index in [1.807, 2.05) is 34.1 Å². The summed E-state index contributed by atoms with van der Waals surface area (Å²) >= 11 is 0. The number of hydrogen-bond acceptors (Lipinski definition) is 2. The number of amides is 2. The van der Waals surface area contributed by atoms with Crippen LogP contribution >= 0.6 is 0 Å². The number of piperidine rings is 2. The molecule has 3 fully saturated rings. The van der Waals surface area contributed by atoms with Gasteiger partial charge in [0.15, 0.2) is 0 Å². The van der Waals surface area contributed by atoms with Gasteiger partial charge in [0.2, 0.25) is 5.91 Å². The Morgan fingerprint density at radius 1 is 0.957 bits per heavy atom. The fourth-order valence-corrected chi connectivity index (χ4v) is 3.89. The molecule has 1 aliphatic carbocycles. The highest BCUT2D eigenvalue weighted by Gasteiger charge is 2.47. The molecule has 1 aromatic carbocycles. The van der Waals surface area contributed by atoms with Gasteiger partial charge in [0.25, 0.3) is 5.91 Å². The topological polar surface area (TPSA) is 40.6 Å². The third-order valence-corrected chi connectivity index (χ3v) is 5.69. The predicted octanol–water partition coefficient (Wildman–Crippen LogP) is 3.22. The van der Waals surface area contributed by atoms with Crippen LogP contribution in [0.15, 0.2) is 24.3 Å². The standard InChI is InChI=1S/C19H24N2O2/c22-17-8-9-19(10-11-19)14-21(17)16-6-4-15(5-7-16)18(23)20-12-2-1-3-13-20/h4-7H,1-3,8-14H2. The minimum Gasteiger partial charge on any atom is -0.339 e. The van der Waals surface area contributed by atoms with Crippen molar-refractivity contribution in [3.8, 4) is 0 Å². The van der Waals surface area contributed by atoms with Crippen molar-refractivity contribution < 1.29 is 9.59 Å². The molecule has 0 N–H and O–H groups in total. The largest absolute Gasteiger partial charge is 0.339 e. The molecule has 0 aromatic heterocycles. The molecule has 0 radical (unpaired) electrons. The third-order valence-electron chi connectivity index (χ3n) is 5.69.